The van der Waals surface area contributed by atoms with Crippen LogP contribution in [0.15, 0.2) is 24.3 Å². The SMILES string of the molecule is O=C(O)c1cccc(NCCC2CCCCC2)c1. The Morgan fingerprint density at radius 3 is 2.78 bits per heavy atom. The van der Waals surface area contributed by atoms with Crippen LogP contribution in [0.1, 0.15) is 48.9 Å². The molecule has 3 heteroatoms. The largest absolute Gasteiger partial charge is 0.478 e. The maximum Gasteiger partial charge on any atom is 0.335 e. The molecule has 0 heterocycles. The van der Waals surface area contributed by atoms with Crippen LogP contribution in [0.25, 0.3) is 0 Å². The number of nitrogens with one attached hydrogen (secondary N) is 1. The number of hydrogen-bond acceptors (Lipinski definition) is 2. The molecule has 0 spiro atoms. The molecule has 1 aromatic rings. The molecule has 1 aliphatic carbocycles. The van der Waals surface area contributed by atoms with Gasteiger partial charge in [-0.05, 0) is 30.5 Å². The van der Waals surface area contributed by atoms with Crippen molar-refractivity contribution in [2.45, 2.75) is 38.5 Å². The lowest BCUT2D eigenvalue weighted by Crippen LogP contribution is -2.12. The lowest BCUT2D eigenvalue weighted by Gasteiger charge is -2.21. The van der Waals surface area contributed by atoms with E-state index in [0.717, 1.165) is 18.2 Å². The molecule has 1 aliphatic rings. The molecule has 0 amide bonds. The zero-order valence-corrected chi connectivity index (χ0v) is 10.7. The van der Waals surface area contributed by atoms with Crippen molar-refractivity contribution < 1.29 is 9.90 Å². The van der Waals surface area contributed by atoms with Gasteiger partial charge in [0.15, 0.2) is 0 Å². The van der Waals surface area contributed by atoms with E-state index in [1.165, 1.54) is 38.5 Å². The number of hydrogen-bond donors (Lipinski definition) is 2. The number of rotatable bonds is 5. The first-order valence-electron chi connectivity index (χ1n) is 6.83. The van der Waals surface area contributed by atoms with E-state index in [9.17, 15) is 4.79 Å². The van der Waals surface area contributed by atoms with Gasteiger partial charge in [-0.25, -0.2) is 4.79 Å². The van der Waals surface area contributed by atoms with Crippen molar-refractivity contribution in [2.75, 3.05) is 11.9 Å². The summed E-state index contributed by atoms with van der Waals surface area (Å²) < 4.78 is 0. The van der Waals surface area contributed by atoms with E-state index in [4.69, 9.17) is 5.11 Å². The van der Waals surface area contributed by atoms with Crippen LogP contribution in [0.3, 0.4) is 0 Å². The lowest BCUT2D eigenvalue weighted by atomic mass is 9.87. The zero-order chi connectivity index (χ0) is 12.8. The molecule has 98 valence electrons. The maximum atomic E-state index is 10.8. The van der Waals surface area contributed by atoms with Gasteiger partial charge in [0.1, 0.15) is 0 Å². The Hall–Kier alpha value is -1.51. The number of carboxylic acids is 1. The third-order valence-electron chi connectivity index (χ3n) is 3.72. The highest BCUT2D eigenvalue weighted by Gasteiger charge is 2.12. The fourth-order valence-corrected chi connectivity index (χ4v) is 2.66. The van der Waals surface area contributed by atoms with Crippen molar-refractivity contribution in [3.63, 3.8) is 0 Å². The van der Waals surface area contributed by atoms with E-state index in [0.29, 0.717) is 5.56 Å². The zero-order valence-electron chi connectivity index (χ0n) is 10.7. The average molecular weight is 247 g/mol. The van der Waals surface area contributed by atoms with Gasteiger partial charge in [0, 0.05) is 12.2 Å². The fourth-order valence-electron chi connectivity index (χ4n) is 2.66. The van der Waals surface area contributed by atoms with Gasteiger partial charge in [-0.3, -0.25) is 0 Å². The molecule has 18 heavy (non-hydrogen) atoms. The fraction of sp³-hybridized carbons (Fsp3) is 0.533. The Balaban J connectivity index is 1.78. The summed E-state index contributed by atoms with van der Waals surface area (Å²) in [4.78, 5) is 10.8. The predicted octanol–water partition coefficient (Wildman–Crippen LogP) is 3.77. The van der Waals surface area contributed by atoms with E-state index in [-0.39, 0.29) is 0 Å². The van der Waals surface area contributed by atoms with Crippen molar-refractivity contribution in [2.24, 2.45) is 5.92 Å². The first-order valence-corrected chi connectivity index (χ1v) is 6.83. The standard InChI is InChI=1S/C15H21NO2/c17-15(18)13-7-4-8-14(11-13)16-10-9-12-5-2-1-3-6-12/h4,7-8,11-12,16H,1-3,5-6,9-10H2,(H,17,18). The number of aromatic carboxylic acids is 1. The quantitative estimate of drug-likeness (QED) is 0.832. The van der Waals surface area contributed by atoms with Crippen molar-refractivity contribution in [3.05, 3.63) is 29.8 Å². The Bertz CT molecular complexity index is 397. The van der Waals surface area contributed by atoms with Gasteiger partial charge in [0.25, 0.3) is 0 Å². The van der Waals surface area contributed by atoms with E-state index in [1.807, 2.05) is 6.07 Å². The first kappa shape index (κ1) is 12.9. The molecule has 0 radical (unpaired) electrons. The molecule has 0 aliphatic heterocycles. The van der Waals surface area contributed by atoms with Gasteiger partial charge < -0.3 is 10.4 Å². The van der Waals surface area contributed by atoms with Gasteiger partial charge in [0.05, 0.1) is 5.56 Å². The number of carbonyl (C=O) groups is 1. The minimum Gasteiger partial charge on any atom is -0.478 e. The summed E-state index contributed by atoms with van der Waals surface area (Å²) in [6.45, 7) is 0.938. The second-order valence-corrected chi connectivity index (χ2v) is 5.11. The summed E-state index contributed by atoms with van der Waals surface area (Å²) in [5.74, 6) is -0.0140. The predicted molar refractivity (Wildman–Crippen MR) is 73.1 cm³/mol. The van der Waals surface area contributed by atoms with Crippen LogP contribution in [-0.2, 0) is 0 Å². The molecule has 0 aromatic heterocycles. The second-order valence-electron chi connectivity index (χ2n) is 5.11. The molecular weight excluding hydrogens is 226 g/mol. The van der Waals surface area contributed by atoms with Crippen LogP contribution >= 0.6 is 0 Å². The molecule has 2 rings (SSSR count). The minimum absolute atomic E-state index is 0.345. The lowest BCUT2D eigenvalue weighted by molar-refractivity contribution is 0.0697. The van der Waals surface area contributed by atoms with E-state index < -0.39 is 5.97 Å². The van der Waals surface area contributed by atoms with Gasteiger partial charge in [-0.2, -0.15) is 0 Å². The highest BCUT2D eigenvalue weighted by molar-refractivity contribution is 5.88. The normalized spacial score (nSPS) is 16.4. The van der Waals surface area contributed by atoms with Gasteiger partial charge in [-0.15, -0.1) is 0 Å². The molecule has 0 unspecified atom stereocenters. The summed E-state index contributed by atoms with van der Waals surface area (Å²) in [6.07, 6.45) is 8.05. The van der Waals surface area contributed by atoms with E-state index in [1.54, 1.807) is 18.2 Å². The highest BCUT2D eigenvalue weighted by Crippen LogP contribution is 2.26. The van der Waals surface area contributed by atoms with Crippen LogP contribution in [0.5, 0.6) is 0 Å². The van der Waals surface area contributed by atoms with Crippen LogP contribution in [-0.4, -0.2) is 17.6 Å². The Kier molecular flexibility index (Phi) is 4.62. The van der Waals surface area contributed by atoms with Crippen molar-refractivity contribution in [1.29, 1.82) is 0 Å². The van der Waals surface area contributed by atoms with Crippen LogP contribution in [0, 0.1) is 5.92 Å². The van der Waals surface area contributed by atoms with E-state index >= 15 is 0 Å². The van der Waals surface area contributed by atoms with Gasteiger partial charge in [0.2, 0.25) is 0 Å². The molecule has 0 bridgehead atoms. The summed E-state index contributed by atoms with van der Waals surface area (Å²) in [7, 11) is 0. The molecule has 2 N–H and O–H groups in total. The van der Waals surface area contributed by atoms with Gasteiger partial charge in [-0.1, -0.05) is 38.2 Å². The minimum atomic E-state index is -0.870. The molecule has 1 saturated carbocycles. The maximum absolute atomic E-state index is 10.8. The second kappa shape index (κ2) is 6.43. The average Bonchev–Trinajstić information content (AvgIpc) is 2.40. The molecule has 3 nitrogen and oxygen atoms in total. The Morgan fingerprint density at radius 2 is 2.06 bits per heavy atom. The monoisotopic (exact) mass is 247 g/mol. The number of carboxylic acid groups (broad SMARTS) is 1. The summed E-state index contributed by atoms with van der Waals surface area (Å²) >= 11 is 0. The summed E-state index contributed by atoms with van der Waals surface area (Å²) in [5.41, 5.74) is 1.25. The topological polar surface area (TPSA) is 49.3 Å². The van der Waals surface area contributed by atoms with E-state index in [2.05, 4.69) is 5.32 Å². The Morgan fingerprint density at radius 1 is 1.28 bits per heavy atom. The van der Waals surface area contributed by atoms with Crippen LogP contribution in [0.2, 0.25) is 0 Å². The third-order valence-corrected chi connectivity index (χ3v) is 3.72. The van der Waals surface area contributed by atoms with Gasteiger partial charge >= 0.3 is 5.97 Å². The number of anilines is 1. The van der Waals surface area contributed by atoms with Crippen molar-refractivity contribution >= 4 is 11.7 Å². The molecular formula is C15H21NO2. The van der Waals surface area contributed by atoms with Crippen molar-refractivity contribution in [1.82, 2.24) is 0 Å². The van der Waals surface area contributed by atoms with Crippen LogP contribution in [0.4, 0.5) is 5.69 Å². The third kappa shape index (κ3) is 3.76. The number of benzene rings is 1. The van der Waals surface area contributed by atoms with Crippen molar-refractivity contribution in [3.8, 4) is 0 Å². The summed E-state index contributed by atoms with van der Waals surface area (Å²) in [5, 5.41) is 12.2. The molecule has 1 fully saturated rings. The Labute approximate surface area is 108 Å². The summed E-state index contributed by atoms with van der Waals surface area (Å²) in [6, 6.07) is 7.03. The molecule has 1 aromatic carbocycles. The highest BCUT2D eigenvalue weighted by atomic mass is 16.4. The first-order chi connectivity index (χ1) is 8.75. The molecule has 0 atom stereocenters. The van der Waals surface area contributed by atoms with Crippen LogP contribution < -0.4 is 5.32 Å². The molecule has 0 saturated heterocycles. The smallest absolute Gasteiger partial charge is 0.335 e.